The molecule has 1 aliphatic carbocycles. The van der Waals surface area contributed by atoms with Crippen molar-refractivity contribution in [3.05, 3.63) is 71.7 Å². The van der Waals surface area contributed by atoms with Gasteiger partial charge in [0.25, 0.3) is 0 Å². The molecule has 2 amide bonds. The molecule has 2 aliphatic rings. The molecule has 1 aromatic heterocycles. The summed E-state index contributed by atoms with van der Waals surface area (Å²) in [6.45, 7) is 1.28. The summed E-state index contributed by atoms with van der Waals surface area (Å²) in [4.78, 5) is 23.7. The molecule has 1 fully saturated rings. The van der Waals surface area contributed by atoms with Crippen molar-refractivity contribution in [2.75, 3.05) is 30.8 Å². The van der Waals surface area contributed by atoms with Crippen molar-refractivity contribution in [3.8, 4) is 11.3 Å². The van der Waals surface area contributed by atoms with Gasteiger partial charge < -0.3 is 15.5 Å². The second kappa shape index (κ2) is 7.65. The van der Waals surface area contributed by atoms with Crippen molar-refractivity contribution in [2.45, 2.75) is 24.7 Å². The van der Waals surface area contributed by atoms with E-state index < -0.39 is 0 Å². The molecule has 158 valence electrons. The first-order chi connectivity index (χ1) is 15.1. The highest BCUT2D eigenvalue weighted by Gasteiger charge is 2.42. The van der Waals surface area contributed by atoms with E-state index in [0.717, 1.165) is 36.1 Å². The van der Waals surface area contributed by atoms with E-state index in [4.69, 9.17) is 4.98 Å². The molecular weight excluding hydrogens is 393 g/mol. The van der Waals surface area contributed by atoms with E-state index in [2.05, 4.69) is 33.8 Å². The molecule has 6 nitrogen and oxygen atoms in total. The number of halogens is 1. The van der Waals surface area contributed by atoms with Gasteiger partial charge in [0.05, 0.1) is 5.69 Å². The molecular formula is C24H24FN5O. The summed E-state index contributed by atoms with van der Waals surface area (Å²) in [7, 11) is 1.82. The molecule has 1 spiro atoms. The van der Waals surface area contributed by atoms with E-state index in [1.54, 1.807) is 12.1 Å². The molecule has 0 atom stereocenters. The quantitative estimate of drug-likeness (QED) is 0.647. The number of likely N-dealkylation sites (tertiary alicyclic amines) is 1. The van der Waals surface area contributed by atoms with Crippen LogP contribution in [-0.2, 0) is 11.8 Å². The van der Waals surface area contributed by atoms with E-state index in [1.807, 2.05) is 24.2 Å². The molecule has 0 unspecified atom stereocenters. The Kier molecular flexibility index (Phi) is 4.81. The summed E-state index contributed by atoms with van der Waals surface area (Å²) in [6.07, 6.45) is 4.50. The zero-order chi connectivity index (χ0) is 21.4. The summed E-state index contributed by atoms with van der Waals surface area (Å²) in [5, 5.41) is 5.84. The molecule has 0 bridgehead atoms. The van der Waals surface area contributed by atoms with Gasteiger partial charge in [-0.15, -0.1) is 0 Å². The van der Waals surface area contributed by atoms with Crippen LogP contribution in [0.2, 0.25) is 0 Å². The number of nitrogens with zero attached hydrogens (tertiary/aromatic N) is 3. The topological polar surface area (TPSA) is 70.2 Å². The Hall–Kier alpha value is -3.48. The molecule has 1 saturated heterocycles. The van der Waals surface area contributed by atoms with Crippen LogP contribution in [0.5, 0.6) is 0 Å². The smallest absolute Gasteiger partial charge is 0.321 e. The van der Waals surface area contributed by atoms with Crippen molar-refractivity contribution in [2.24, 2.45) is 0 Å². The summed E-state index contributed by atoms with van der Waals surface area (Å²) < 4.78 is 13.4. The fourth-order valence-electron chi connectivity index (χ4n) is 4.85. The highest BCUT2D eigenvalue weighted by molar-refractivity contribution is 5.89. The largest absolute Gasteiger partial charge is 0.357 e. The zero-order valence-electron chi connectivity index (χ0n) is 17.4. The fourth-order valence-corrected chi connectivity index (χ4v) is 4.85. The normalized spacial score (nSPS) is 16.4. The van der Waals surface area contributed by atoms with Gasteiger partial charge in [0, 0.05) is 43.0 Å². The predicted octanol–water partition coefficient (Wildman–Crippen LogP) is 4.45. The first-order valence-corrected chi connectivity index (χ1v) is 10.5. The zero-order valence-corrected chi connectivity index (χ0v) is 17.4. The third-order valence-corrected chi connectivity index (χ3v) is 6.45. The lowest BCUT2D eigenvalue weighted by Gasteiger charge is -2.45. The number of carbonyl (C=O) groups is 1. The van der Waals surface area contributed by atoms with Gasteiger partial charge in [-0.05, 0) is 48.6 Å². The van der Waals surface area contributed by atoms with Crippen LogP contribution in [0.25, 0.3) is 11.3 Å². The molecule has 5 rings (SSSR count). The third kappa shape index (κ3) is 3.50. The Morgan fingerprint density at radius 3 is 2.71 bits per heavy atom. The second-order valence-corrected chi connectivity index (χ2v) is 8.25. The average Bonchev–Trinajstić information content (AvgIpc) is 2.79. The van der Waals surface area contributed by atoms with E-state index >= 15 is 0 Å². The van der Waals surface area contributed by atoms with Crippen molar-refractivity contribution in [1.82, 2.24) is 14.9 Å². The van der Waals surface area contributed by atoms with Crippen molar-refractivity contribution < 1.29 is 9.18 Å². The van der Waals surface area contributed by atoms with Crippen LogP contribution in [0.15, 0.2) is 54.7 Å². The van der Waals surface area contributed by atoms with Crippen LogP contribution < -0.4 is 10.6 Å². The highest BCUT2D eigenvalue weighted by atomic mass is 19.1. The van der Waals surface area contributed by atoms with Crippen LogP contribution >= 0.6 is 0 Å². The molecule has 2 heterocycles. The average molecular weight is 417 g/mol. The Balaban J connectivity index is 1.38. The summed E-state index contributed by atoms with van der Waals surface area (Å²) in [6, 6.07) is 14.2. The third-order valence-electron chi connectivity index (χ3n) is 6.45. The summed E-state index contributed by atoms with van der Waals surface area (Å²) >= 11 is 0. The molecule has 0 saturated carbocycles. The Bertz CT molecular complexity index is 1140. The van der Waals surface area contributed by atoms with E-state index in [0.29, 0.717) is 24.7 Å². The number of carbonyl (C=O) groups excluding carboxylic acids is 1. The first kappa shape index (κ1) is 19.5. The van der Waals surface area contributed by atoms with Gasteiger partial charge in [0.15, 0.2) is 0 Å². The minimum Gasteiger partial charge on any atom is -0.357 e. The molecule has 1 aliphatic heterocycles. The van der Waals surface area contributed by atoms with Crippen LogP contribution in [0.3, 0.4) is 0 Å². The maximum Gasteiger partial charge on any atom is 0.321 e. The summed E-state index contributed by atoms with van der Waals surface area (Å²) in [5.74, 6) is 0.255. The minimum atomic E-state index is -0.364. The lowest BCUT2D eigenvalue weighted by atomic mass is 9.64. The van der Waals surface area contributed by atoms with Gasteiger partial charge in [-0.1, -0.05) is 30.3 Å². The molecule has 7 heteroatoms. The molecule has 2 aromatic carbocycles. The number of piperidine rings is 1. The van der Waals surface area contributed by atoms with Crippen LogP contribution in [0, 0.1) is 5.82 Å². The van der Waals surface area contributed by atoms with Gasteiger partial charge in [-0.2, -0.15) is 0 Å². The van der Waals surface area contributed by atoms with Crippen LogP contribution in [0.1, 0.15) is 24.0 Å². The predicted molar refractivity (Wildman–Crippen MR) is 119 cm³/mol. The van der Waals surface area contributed by atoms with Gasteiger partial charge >= 0.3 is 6.03 Å². The second-order valence-electron chi connectivity index (χ2n) is 8.25. The molecule has 31 heavy (non-hydrogen) atoms. The Morgan fingerprint density at radius 2 is 1.94 bits per heavy atom. The van der Waals surface area contributed by atoms with Crippen molar-refractivity contribution in [3.63, 3.8) is 0 Å². The van der Waals surface area contributed by atoms with E-state index in [9.17, 15) is 9.18 Å². The number of hydrogen-bond donors (Lipinski definition) is 2. The lowest BCUT2D eigenvalue weighted by Crippen LogP contribution is -2.48. The number of anilines is 2. The number of nitrogens with one attached hydrogen (secondary N) is 2. The maximum absolute atomic E-state index is 13.4. The number of amides is 2. The SMILES string of the molecule is CNc1ncc2c(n1)-c1ccccc1C1(CCN(C(=O)Nc3cccc(F)c3)CC1)C2. The van der Waals surface area contributed by atoms with Crippen molar-refractivity contribution in [1.29, 1.82) is 0 Å². The number of benzene rings is 2. The number of rotatable bonds is 2. The van der Waals surface area contributed by atoms with Crippen LogP contribution in [-0.4, -0.2) is 41.0 Å². The van der Waals surface area contributed by atoms with Gasteiger partial charge in [0.1, 0.15) is 5.82 Å². The fraction of sp³-hybridized carbons (Fsp3) is 0.292. The Labute approximate surface area is 180 Å². The Morgan fingerprint density at radius 1 is 1.13 bits per heavy atom. The molecule has 3 aromatic rings. The summed E-state index contributed by atoms with van der Waals surface area (Å²) in [5.41, 5.74) is 5.03. The van der Waals surface area contributed by atoms with Gasteiger partial charge in [-0.25, -0.2) is 19.2 Å². The number of urea groups is 1. The maximum atomic E-state index is 13.4. The first-order valence-electron chi connectivity index (χ1n) is 10.5. The van der Waals surface area contributed by atoms with Crippen molar-refractivity contribution >= 4 is 17.7 Å². The van der Waals surface area contributed by atoms with E-state index in [-0.39, 0.29) is 17.3 Å². The van der Waals surface area contributed by atoms with E-state index in [1.165, 1.54) is 17.7 Å². The van der Waals surface area contributed by atoms with Gasteiger partial charge in [0.2, 0.25) is 5.95 Å². The minimum absolute atomic E-state index is 0.0379. The number of aromatic nitrogens is 2. The molecule has 0 radical (unpaired) electrons. The standard InChI is InChI=1S/C24H24FN5O/c1-26-22-27-15-16-14-24(20-8-3-2-7-19(20)21(16)29-22)9-11-30(12-10-24)23(31)28-18-6-4-5-17(25)13-18/h2-8,13,15H,9-12,14H2,1H3,(H,28,31)(H,26,27,29). The van der Waals surface area contributed by atoms with Gasteiger partial charge in [-0.3, -0.25) is 0 Å². The lowest BCUT2D eigenvalue weighted by molar-refractivity contribution is 0.166. The van der Waals surface area contributed by atoms with Crippen LogP contribution in [0.4, 0.5) is 20.8 Å². The monoisotopic (exact) mass is 417 g/mol. The number of hydrogen-bond acceptors (Lipinski definition) is 4. The number of fused-ring (bicyclic) bond motifs is 4. The highest BCUT2D eigenvalue weighted by Crippen LogP contribution is 2.47. The molecule has 2 N–H and O–H groups in total.